The van der Waals surface area contributed by atoms with E-state index in [1.54, 1.807) is 6.20 Å². The second-order valence-corrected chi connectivity index (χ2v) is 4.89. The van der Waals surface area contributed by atoms with E-state index < -0.39 is 0 Å². The second-order valence-electron chi connectivity index (χ2n) is 4.89. The van der Waals surface area contributed by atoms with Gasteiger partial charge in [0, 0.05) is 31.4 Å². The van der Waals surface area contributed by atoms with Gasteiger partial charge in [-0.3, -0.25) is 4.90 Å². The van der Waals surface area contributed by atoms with Gasteiger partial charge in [-0.2, -0.15) is 5.10 Å². The Balaban J connectivity index is 1.80. The van der Waals surface area contributed by atoms with E-state index in [2.05, 4.69) is 33.1 Å². The Bertz CT molecular complexity index is 339. The molecule has 2 aliphatic heterocycles. The van der Waals surface area contributed by atoms with Crippen LogP contribution in [0.3, 0.4) is 0 Å². The van der Waals surface area contributed by atoms with Crippen LogP contribution < -0.4 is 4.90 Å². The molecular formula is C12H18N4. The first-order valence-corrected chi connectivity index (χ1v) is 6.09. The SMILES string of the molecule is CN1C2CCCC1CN(c1cccnn1)C2. The van der Waals surface area contributed by atoms with Crippen molar-refractivity contribution in [3.05, 3.63) is 18.3 Å². The largest absolute Gasteiger partial charge is 0.352 e. The van der Waals surface area contributed by atoms with E-state index in [-0.39, 0.29) is 0 Å². The molecule has 0 radical (unpaired) electrons. The van der Waals surface area contributed by atoms with Crippen LogP contribution in [-0.2, 0) is 0 Å². The molecule has 2 saturated heterocycles. The number of anilines is 1. The molecule has 0 amide bonds. The zero-order valence-corrected chi connectivity index (χ0v) is 9.71. The van der Waals surface area contributed by atoms with Crippen LogP contribution in [0.5, 0.6) is 0 Å². The number of fused-ring (bicyclic) bond motifs is 2. The zero-order valence-electron chi connectivity index (χ0n) is 9.71. The highest BCUT2D eigenvalue weighted by Gasteiger charge is 2.35. The van der Waals surface area contributed by atoms with E-state index in [0.717, 1.165) is 18.9 Å². The van der Waals surface area contributed by atoms with Crippen LogP contribution in [0.1, 0.15) is 19.3 Å². The number of hydrogen-bond donors (Lipinski definition) is 0. The third-order valence-electron chi connectivity index (χ3n) is 3.97. The molecule has 2 atom stereocenters. The minimum absolute atomic E-state index is 0.703. The van der Waals surface area contributed by atoms with Crippen LogP contribution >= 0.6 is 0 Å². The van der Waals surface area contributed by atoms with E-state index in [1.165, 1.54) is 19.3 Å². The third kappa shape index (κ3) is 1.67. The van der Waals surface area contributed by atoms with Gasteiger partial charge in [-0.15, -0.1) is 5.10 Å². The number of piperidine rings is 1. The van der Waals surface area contributed by atoms with Crippen LogP contribution in [0.15, 0.2) is 18.3 Å². The van der Waals surface area contributed by atoms with Gasteiger partial charge in [0.1, 0.15) is 0 Å². The van der Waals surface area contributed by atoms with E-state index >= 15 is 0 Å². The van der Waals surface area contributed by atoms with E-state index in [9.17, 15) is 0 Å². The predicted molar refractivity (Wildman–Crippen MR) is 63.4 cm³/mol. The van der Waals surface area contributed by atoms with Gasteiger partial charge in [-0.1, -0.05) is 6.42 Å². The van der Waals surface area contributed by atoms with Crippen molar-refractivity contribution < 1.29 is 0 Å². The van der Waals surface area contributed by atoms with Gasteiger partial charge in [0.05, 0.1) is 0 Å². The topological polar surface area (TPSA) is 32.3 Å². The van der Waals surface area contributed by atoms with Crippen LogP contribution in [0.25, 0.3) is 0 Å². The van der Waals surface area contributed by atoms with Crippen molar-refractivity contribution >= 4 is 5.82 Å². The second kappa shape index (κ2) is 4.01. The molecule has 0 N–H and O–H groups in total. The fraction of sp³-hybridized carbons (Fsp3) is 0.667. The summed E-state index contributed by atoms with van der Waals surface area (Å²) in [6, 6.07) is 5.44. The van der Waals surface area contributed by atoms with Crippen LogP contribution in [0.4, 0.5) is 5.82 Å². The molecular weight excluding hydrogens is 200 g/mol. The fourth-order valence-electron chi connectivity index (χ4n) is 2.97. The maximum atomic E-state index is 4.21. The summed E-state index contributed by atoms with van der Waals surface area (Å²) in [7, 11) is 2.27. The van der Waals surface area contributed by atoms with Gasteiger partial charge in [-0.25, -0.2) is 0 Å². The van der Waals surface area contributed by atoms with Crippen molar-refractivity contribution in [3.63, 3.8) is 0 Å². The molecule has 2 fully saturated rings. The summed E-state index contributed by atoms with van der Waals surface area (Å²) in [5.74, 6) is 1.03. The summed E-state index contributed by atoms with van der Waals surface area (Å²) < 4.78 is 0. The Hall–Kier alpha value is -1.16. The molecule has 3 rings (SSSR count). The number of nitrogens with zero attached hydrogens (tertiary/aromatic N) is 4. The molecule has 4 nitrogen and oxygen atoms in total. The lowest BCUT2D eigenvalue weighted by Crippen LogP contribution is -2.59. The lowest BCUT2D eigenvalue weighted by molar-refractivity contribution is 0.0946. The maximum absolute atomic E-state index is 4.21. The lowest BCUT2D eigenvalue weighted by Gasteiger charge is -2.48. The molecule has 0 spiro atoms. The van der Waals surface area contributed by atoms with Crippen LogP contribution in [0, 0.1) is 0 Å². The van der Waals surface area contributed by atoms with Gasteiger partial charge in [0.25, 0.3) is 0 Å². The molecule has 0 aliphatic carbocycles. The number of likely N-dealkylation sites (N-methyl/N-ethyl adjacent to an activating group) is 1. The van der Waals surface area contributed by atoms with Crippen molar-refractivity contribution in [2.24, 2.45) is 0 Å². The number of aromatic nitrogens is 2. The quantitative estimate of drug-likeness (QED) is 0.708. The molecule has 0 aromatic carbocycles. The van der Waals surface area contributed by atoms with Gasteiger partial charge in [0.15, 0.2) is 5.82 Å². The summed E-state index contributed by atoms with van der Waals surface area (Å²) >= 11 is 0. The Labute approximate surface area is 96.3 Å². The van der Waals surface area contributed by atoms with E-state index in [0.29, 0.717) is 12.1 Å². The molecule has 3 heterocycles. The Kier molecular flexibility index (Phi) is 2.52. The Morgan fingerprint density at radius 2 is 2.00 bits per heavy atom. The molecule has 16 heavy (non-hydrogen) atoms. The molecule has 2 aliphatic rings. The highest BCUT2D eigenvalue weighted by atomic mass is 15.3. The van der Waals surface area contributed by atoms with Crippen LogP contribution in [-0.4, -0.2) is 47.3 Å². The molecule has 1 aromatic rings. The van der Waals surface area contributed by atoms with E-state index in [4.69, 9.17) is 0 Å². The summed E-state index contributed by atoms with van der Waals surface area (Å²) in [5.41, 5.74) is 0. The summed E-state index contributed by atoms with van der Waals surface area (Å²) in [5, 5.41) is 8.18. The minimum Gasteiger partial charge on any atom is -0.352 e. The monoisotopic (exact) mass is 218 g/mol. The van der Waals surface area contributed by atoms with Crippen molar-refractivity contribution in [3.8, 4) is 0 Å². The number of rotatable bonds is 1. The summed E-state index contributed by atoms with van der Waals surface area (Å²) in [4.78, 5) is 4.94. The average molecular weight is 218 g/mol. The number of piperazine rings is 1. The van der Waals surface area contributed by atoms with Gasteiger partial charge in [-0.05, 0) is 32.0 Å². The number of hydrogen-bond acceptors (Lipinski definition) is 4. The fourth-order valence-corrected chi connectivity index (χ4v) is 2.97. The summed E-state index contributed by atoms with van der Waals surface area (Å²) in [6.45, 7) is 2.21. The Morgan fingerprint density at radius 3 is 2.62 bits per heavy atom. The zero-order chi connectivity index (χ0) is 11.0. The molecule has 0 saturated carbocycles. The predicted octanol–water partition coefficient (Wildman–Crippen LogP) is 1.15. The average Bonchev–Trinajstić information content (AvgIpc) is 2.30. The molecule has 4 heteroatoms. The molecule has 2 bridgehead atoms. The minimum atomic E-state index is 0.703. The standard InChI is InChI=1S/C12H18N4/c1-15-10-4-2-5-11(15)9-16(8-10)12-6-3-7-13-14-12/h3,6-7,10-11H,2,4-5,8-9H2,1H3. The van der Waals surface area contributed by atoms with Gasteiger partial charge < -0.3 is 4.90 Å². The van der Waals surface area contributed by atoms with Crippen LogP contribution in [0.2, 0.25) is 0 Å². The molecule has 1 aromatic heterocycles. The van der Waals surface area contributed by atoms with Crippen molar-refractivity contribution in [2.45, 2.75) is 31.3 Å². The first kappa shape index (κ1) is 10.0. The van der Waals surface area contributed by atoms with Crippen molar-refractivity contribution in [1.82, 2.24) is 15.1 Å². The summed E-state index contributed by atoms with van der Waals surface area (Å²) in [6.07, 6.45) is 5.77. The first-order valence-electron chi connectivity index (χ1n) is 6.09. The van der Waals surface area contributed by atoms with Gasteiger partial charge in [0.2, 0.25) is 0 Å². The highest BCUT2D eigenvalue weighted by molar-refractivity contribution is 5.38. The highest BCUT2D eigenvalue weighted by Crippen LogP contribution is 2.28. The Morgan fingerprint density at radius 1 is 1.25 bits per heavy atom. The molecule has 2 unspecified atom stereocenters. The smallest absolute Gasteiger partial charge is 0.151 e. The maximum Gasteiger partial charge on any atom is 0.151 e. The normalized spacial score (nSPS) is 30.4. The first-order chi connectivity index (χ1) is 7.84. The molecule has 86 valence electrons. The van der Waals surface area contributed by atoms with E-state index in [1.807, 2.05) is 6.07 Å². The van der Waals surface area contributed by atoms with Gasteiger partial charge >= 0.3 is 0 Å². The van der Waals surface area contributed by atoms with Crippen molar-refractivity contribution in [1.29, 1.82) is 0 Å². The lowest BCUT2D eigenvalue weighted by atomic mass is 9.92. The third-order valence-corrected chi connectivity index (χ3v) is 3.97. The van der Waals surface area contributed by atoms with Crippen molar-refractivity contribution in [2.75, 3.05) is 25.0 Å².